The van der Waals surface area contributed by atoms with Crippen molar-refractivity contribution in [1.29, 1.82) is 0 Å². The summed E-state index contributed by atoms with van der Waals surface area (Å²) in [6, 6.07) is 17.3. The fraction of sp³-hybridized carbons (Fsp3) is 0.263. The predicted octanol–water partition coefficient (Wildman–Crippen LogP) is 4.52. The summed E-state index contributed by atoms with van der Waals surface area (Å²) in [7, 11) is 0. The third-order valence-corrected chi connectivity index (χ3v) is 4.06. The summed E-state index contributed by atoms with van der Waals surface area (Å²) in [5.74, 6) is 0. The Kier molecular flexibility index (Phi) is 3.23. The molecule has 3 rings (SSSR count). The Hall–Kier alpha value is -1.86. The highest BCUT2D eigenvalue weighted by molar-refractivity contribution is 5.41. The highest BCUT2D eigenvalue weighted by Gasteiger charge is 2.40. The number of benzene rings is 2. The van der Waals surface area contributed by atoms with Gasteiger partial charge in [-0.1, -0.05) is 66.2 Å². The molecule has 1 heteroatoms. The van der Waals surface area contributed by atoms with Crippen molar-refractivity contribution in [3.05, 3.63) is 82.9 Å². The molecule has 1 nitrogen and oxygen atoms in total. The Morgan fingerprint density at radius 1 is 0.850 bits per heavy atom. The SMILES string of the molecule is C=C1COC(c2ccc(C)cc2)(c2ccc(C)cc2)C1. The number of hydrogen-bond donors (Lipinski definition) is 0. The lowest BCUT2D eigenvalue weighted by molar-refractivity contribution is 0.0371. The van der Waals surface area contributed by atoms with Crippen LogP contribution in [0.2, 0.25) is 0 Å². The zero-order chi connectivity index (χ0) is 14.2. The van der Waals surface area contributed by atoms with Crippen LogP contribution >= 0.6 is 0 Å². The van der Waals surface area contributed by atoms with Crippen molar-refractivity contribution in [2.75, 3.05) is 6.61 Å². The molecule has 1 saturated heterocycles. The molecule has 2 aromatic rings. The van der Waals surface area contributed by atoms with Crippen LogP contribution < -0.4 is 0 Å². The summed E-state index contributed by atoms with van der Waals surface area (Å²) in [4.78, 5) is 0. The van der Waals surface area contributed by atoms with Gasteiger partial charge in [0.1, 0.15) is 5.60 Å². The summed E-state index contributed by atoms with van der Waals surface area (Å²) in [6.07, 6.45) is 0.860. The second-order valence-electron chi connectivity index (χ2n) is 5.77. The van der Waals surface area contributed by atoms with Crippen molar-refractivity contribution in [3.8, 4) is 0 Å². The van der Waals surface area contributed by atoms with Crippen molar-refractivity contribution in [2.24, 2.45) is 0 Å². The Morgan fingerprint density at radius 2 is 1.30 bits per heavy atom. The number of ether oxygens (including phenoxy) is 1. The van der Waals surface area contributed by atoms with E-state index in [9.17, 15) is 0 Å². The summed E-state index contributed by atoms with van der Waals surface area (Å²) < 4.78 is 6.21. The van der Waals surface area contributed by atoms with Gasteiger partial charge < -0.3 is 4.74 Å². The van der Waals surface area contributed by atoms with Gasteiger partial charge in [0.2, 0.25) is 0 Å². The molecule has 0 radical (unpaired) electrons. The van der Waals surface area contributed by atoms with E-state index in [-0.39, 0.29) is 5.60 Å². The molecule has 0 bridgehead atoms. The van der Waals surface area contributed by atoms with E-state index in [1.807, 2.05) is 0 Å². The van der Waals surface area contributed by atoms with E-state index in [0.29, 0.717) is 6.61 Å². The second kappa shape index (κ2) is 4.92. The van der Waals surface area contributed by atoms with E-state index in [2.05, 4.69) is 69.0 Å². The van der Waals surface area contributed by atoms with Gasteiger partial charge in [0.05, 0.1) is 6.61 Å². The quantitative estimate of drug-likeness (QED) is 0.724. The third-order valence-electron chi connectivity index (χ3n) is 4.06. The van der Waals surface area contributed by atoms with Gasteiger partial charge in [-0.25, -0.2) is 0 Å². The van der Waals surface area contributed by atoms with Crippen molar-refractivity contribution >= 4 is 0 Å². The van der Waals surface area contributed by atoms with E-state index in [4.69, 9.17) is 4.74 Å². The molecule has 0 saturated carbocycles. The number of rotatable bonds is 2. The van der Waals surface area contributed by atoms with Gasteiger partial charge in [0.25, 0.3) is 0 Å². The van der Waals surface area contributed by atoms with E-state index >= 15 is 0 Å². The molecule has 0 unspecified atom stereocenters. The molecular weight excluding hydrogens is 244 g/mol. The van der Waals surface area contributed by atoms with Crippen LogP contribution in [0.4, 0.5) is 0 Å². The van der Waals surface area contributed by atoms with Crippen molar-refractivity contribution < 1.29 is 4.74 Å². The fourth-order valence-corrected chi connectivity index (χ4v) is 2.86. The minimum atomic E-state index is -0.363. The largest absolute Gasteiger partial charge is 0.361 e. The molecule has 1 aliphatic rings. The normalized spacial score (nSPS) is 17.4. The first-order valence-corrected chi connectivity index (χ1v) is 7.05. The summed E-state index contributed by atoms with van der Waals surface area (Å²) >= 11 is 0. The van der Waals surface area contributed by atoms with Crippen molar-refractivity contribution in [2.45, 2.75) is 25.9 Å². The van der Waals surface area contributed by atoms with Crippen LogP contribution in [0.1, 0.15) is 28.7 Å². The standard InChI is InChI=1S/C19H20O/c1-14-4-8-17(9-5-14)19(12-16(3)13-20-19)18-10-6-15(2)7-11-18/h4-11H,3,12-13H2,1-2H3. The summed E-state index contributed by atoms with van der Waals surface area (Å²) in [5, 5.41) is 0. The molecule has 0 spiro atoms. The van der Waals surface area contributed by atoms with Gasteiger partial charge in [0, 0.05) is 6.42 Å². The third kappa shape index (κ3) is 2.19. The average molecular weight is 264 g/mol. The molecule has 20 heavy (non-hydrogen) atoms. The van der Waals surface area contributed by atoms with Crippen LogP contribution in [0.3, 0.4) is 0 Å². The van der Waals surface area contributed by atoms with Crippen molar-refractivity contribution in [1.82, 2.24) is 0 Å². The first kappa shape index (κ1) is 13.1. The minimum absolute atomic E-state index is 0.363. The summed E-state index contributed by atoms with van der Waals surface area (Å²) in [6.45, 7) is 8.97. The van der Waals surface area contributed by atoms with Crippen LogP contribution in [0.25, 0.3) is 0 Å². The number of aryl methyl sites for hydroxylation is 2. The van der Waals surface area contributed by atoms with Gasteiger partial charge in [-0.15, -0.1) is 0 Å². The zero-order valence-electron chi connectivity index (χ0n) is 12.1. The van der Waals surface area contributed by atoms with Gasteiger partial charge in [-0.3, -0.25) is 0 Å². The fourth-order valence-electron chi connectivity index (χ4n) is 2.86. The molecule has 0 aliphatic carbocycles. The molecule has 2 aromatic carbocycles. The lowest BCUT2D eigenvalue weighted by Gasteiger charge is -2.29. The Morgan fingerprint density at radius 3 is 1.65 bits per heavy atom. The molecule has 0 atom stereocenters. The molecule has 1 heterocycles. The molecule has 1 aliphatic heterocycles. The maximum atomic E-state index is 6.21. The van der Waals surface area contributed by atoms with Crippen LogP contribution in [-0.4, -0.2) is 6.61 Å². The highest BCUT2D eigenvalue weighted by Crippen LogP contribution is 2.43. The van der Waals surface area contributed by atoms with Gasteiger partial charge >= 0.3 is 0 Å². The maximum absolute atomic E-state index is 6.21. The minimum Gasteiger partial charge on any atom is -0.361 e. The number of hydrogen-bond acceptors (Lipinski definition) is 1. The molecule has 0 amide bonds. The predicted molar refractivity (Wildman–Crippen MR) is 82.8 cm³/mol. The lowest BCUT2D eigenvalue weighted by atomic mass is 9.82. The molecule has 0 N–H and O–H groups in total. The first-order valence-electron chi connectivity index (χ1n) is 7.05. The Labute approximate surface area is 120 Å². The lowest BCUT2D eigenvalue weighted by Crippen LogP contribution is -2.26. The van der Waals surface area contributed by atoms with Gasteiger partial charge in [-0.05, 0) is 30.5 Å². The van der Waals surface area contributed by atoms with E-state index < -0.39 is 0 Å². The van der Waals surface area contributed by atoms with E-state index in [1.165, 1.54) is 22.3 Å². The van der Waals surface area contributed by atoms with Crippen LogP contribution in [0.5, 0.6) is 0 Å². The molecular formula is C19H20O. The molecule has 0 aromatic heterocycles. The van der Waals surface area contributed by atoms with Crippen LogP contribution in [0, 0.1) is 13.8 Å². The van der Waals surface area contributed by atoms with Crippen LogP contribution in [0.15, 0.2) is 60.7 Å². The molecule has 1 fully saturated rings. The smallest absolute Gasteiger partial charge is 0.122 e. The zero-order valence-corrected chi connectivity index (χ0v) is 12.1. The Balaban J connectivity index is 2.12. The second-order valence-corrected chi connectivity index (χ2v) is 5.77. The van der Waals surface area contributed by atoms with Crippen molar-refractivity contribution in [3.63, 3.8) is 0 Å². The Bertz CT molecular complexity index is 574. The van der Waals surface area contributed by atoms with Crippen LogP contribution in [-0.2, 0) is 10.3 Å². The first-order chi connectivity index (χ1) is 9.60. The summed E-state index contributed by atoms with van der Waals surface area (Å²) in [5.41, 5.74) is 5.76. The van der Waals surface area contributed by atoms with E-state index in [1.54, 1.807) is 0 Å². The van der Waals surface area contributed by atoms with E-state index in [0.717, 1.165) is 12.0 Å². The van der Waals surface area contributed by atoms with Gasteiger partial charge in [-0.2, -0.15) is 0 Å². The average Bonchev–Trinajstić information content (AvgIpc) is 2.84. The maximum Gasteiger partial charge on any atom is 0.122 e. The van der Waals surface area contributed by atoms with Gasteiger partial charge in [0.15, 0.2) is 0 Å². The highest BCUT2D eigenvalue weighted by atomic mass is 16.5. The monoisotopic (exact) mass is 264 g/mol. The topological polar surface area (TPSA) is 9.23 Å². The molecule has 102 valence electrons.